The highest BCUT2D eigenvalue weighted by molar-refractivity contribution is 7.11. The molecule has 5 nitrogen and oxygen atoms in total. The van der Waals surface area contributed by atoms with Gasteiger partial charge in [-0.3, -0.25) is 4.79 Å². The van der Waals surface area contributed by atoms with Crippen molar-refractivity contribution in [2.24, 2.45) is 0 Å². The summed E-state index contributed by atoms with van der Waals surface area (Å²) in [6.07, 6.45) is -0.170. The Balaban J connectivity index is 2.18. The van der Waals surface area contributed by atoms with E-state index >= 15 is 0 Å². The molecule has 1 aliphatic rings. The lowest BCUT2D eigenvalue weighted by molar-refractivity contribution is -0.149. The summed E-state index contributed by atoms with van der Waals surface area (Å²) in [7, 11) is 0. The van der Waals surface area contributed by atoms with Crippen molar-refractivity contribution in [3.8, 4) is 0 Å². The lowest BCUT2D eigenvalue weighted by Crippen LogP contribution is -2.39. The third kappa shape index (κ3) is 2.10. The molecule has 0 bridgehead atoms. The zero-order valence-electron chi connectivity index (χ0n) is 10.1. The van der Waals surface area contributed by atoms with E-state index in [-0.39, 0.29) is 13.0 Å². The fraction of sp³-hybridized carbons (Fsp3) is 0.545. The van der Waals surface area contributed by atoms with E-state index < -0.39 is 24.1 Å². The van der Waals surface area contributed by atoms with Crippen LogP contribution < -0.4 is 0 Å². The zero-order chi connectivity index (χ0) is 13.5. The first-order chi connectivity index (χ1) is 8.33. The molecular weight excluding hydrogens is 259 g/mol. The van der Waals surface area contributed by atoms with Gasteiger partial charge in [-0.05, 0) is 13.8 Å². The highest BCUT2D eigenvalue weighted by Gasteiger charge is 2.47. The summed E-state index contributed by atoms with van der Waals surface area (Å²) >= 11 is 1.39. The Hall–Kier alpha value is -1.50. The molecule has 0 aliphatic carbocycles. The van der Waals surface area contributed by atoms with E-state index in [1.807, 2.05) is 0 Å². The molecule has 1 fully saturated rings. The molecule has 98 valence electrons. The molecule has 1 atom stereocenters. The van der Waals surface area contributed by atoms with Crippen molar-refractivity contribution in [2.75, 3.05) is 13.1 Å². The van der Waals surface area contributed by atoms with E-state index in [1.54, 1.807) is 13.8 Å². The molecule has 2 rings (SSSR count). The number of carboxylic acids is 1. The van der Waals surface area contributed by atoms with Crippen molar-refractivity contribution < 1.29 is 19.1 Å². The Kier molecular flexibility index (Phi) is 3.10. The minimum atomic E-state index is -2.32. The molecule has 1 aromatic rings. The molecule has 0 radical (unpaired) electrons. The van der Waals surface area contributed by atoms with Crippen LogP contribution in [0.2, 0.25) is 0 Å². The minimum absolute atomic E-state index is 0.109. The normalized spacial score (nSPS) is 23.4. The molecule has 7 heteroatoms. The topological polar surface area (TPSA) is 70.5 Å². The van der Waals surface area contributed by atoms with Gasteiger partial charge in [-0.2, -0.15) is 0 Å². The molecule has 1 N–H and O–H groups in total. The van der Waals surface area contributed by atoms with Crippen LogP contribution in [0.15, 0.2) is 0 Å². The number of thiazole rings is 1. The molecule has 1 unspecified atom stereocenters. The fourth-order valence-electron chi connectivity index (χ4n) is 2.00. The molecule has 0 aromatic carbocycles. The molecule has 0 spiro atoms. The molecule has 0 saturated carbocycles. The number of carboxylic acid groups (broad SMARTS) is 1. The van der Waals surface area contributed by atoms with Crippen LogP contribution in [0.1, 0.15) is 26.8 Å². The maximum absolute atomic E-state index is 13.9. The SMILES string of the molecule is Cc1nc(C(=O)N2CCC(F)(C(=O)O)C2)c(C)s1. The quantitative estimate of drug-likeness (QED) is 0.883. The van der Waals surface area contributed by atoms with Crippen LogP contribution in [-0.2, 0) is 4.79 Å². The Morgan fingerprint density at radius 2 is 2.17 bits per heavy atom. The van der Waals surface area contributed by atoms with Crippen molar-refractivity contribution in [3.63, 3.8) is 0 Å². The van der Waals surface area contributed by atoms with Crippen LogP contribution in [0.25, 0.3) is 0 Å². The predicted octanol–water partition coefficient (Wildman–Crippen LogP) is 1.40. The average Bonchev–Trinajstić information content (AvgIpc) is 2.82. The number of aliphatic carboxylic acids is 1. The van der Waals surface area contributed by atoms with Crippen LogP contribution in [0.4, 0.5) is 4.39 Å². The Morgan fingerprint density at radius 3 is 2.61 bits per heavy atom. The first-order valence-corrected chi connectivity index (χ1v) is 6.31. The van der Waals surface area contributed by atoms with Gasteiger partial charge >= 0.3 is 5.97 Å². The second-order valence-electron chi connectivity index (χ2n) is 4.38. The van der Waals surface area contributed by atoms with Crippen molar-refractivity contribution in [1.82, 2.24) is 9.88 Å². The van der Waals surface area contributed by atoms with Crippen LogP contribution in [0.5, 0.6) is 0 Å². The molecule has 2 heterocycles. The van der Waals surface area contributed by atoms with E-state index in [0.717, 1.165) is 9.88 Å². The van der Waals surface area contributed by atoms with E-state index in [9.17, 15) is 14.0 Å². The van der Waals surface area contributed by atoms with Gasteiger partial charge < -0.3 is 10.0 Å². The zero-order valence-corrected chi connectivity index (χ0v) is 10.9. The van der Waals surface area contributed by atoms with Crippen LogP contribution in [0, 0.1) is 13.8 Å². The monoisotopic (exact) mass is 272 g/mol. The molecular formula is C11H13FN2O3S. The number of hydrogen-bond donors (Lipinski definition) is 1. The minimum Gasteiger partial charge on any atom is -0.479 e. The van der Waals surface area contributed by atoms with Gasteiger partial charge in [0.25, 0.3) is 5.91 Å². The number of aryl methyl sites for hydroxylation is 2. The third-order valence-corrected chi connectivity index (χ3v) is 3.88. The largest absolute Gasteiger partial charge is 0.479 e. The van der Waals surface area contributed by atoms with Gasteiger partial charge in [-0.1, -0.05) is 0 Å². The summed E-state index contributed by atoms with van der Waals surface area (Å²) in [4.78, 5) is 29.0. The summed E-state index contributed by atoms with van der Waals surface area (Å²) in [5.74, 6) is -1.90. The number of alkyl halides is 1. The number of hydrogen-bond acceptors (Lipinski definition) is 4. The van der Waals surface area contributed by atoms with Gasteiger partial charge in [0.1, 0.15) is 5.69 Å². The third-order valence-electron chi connectivity index (χ3n) is 3.00. The Morgan fingerprint density at radius 1 is 1.50 bits per heavy atom. The molecule has 18 heavy (non-hydrogen) atoms. The summed E-state index contributed by atoms with van der Waals surface area (Å²) < 4.78 is 13.9. The van der Waals surface area contributed by atoms with E-state index in [1.165, 1.54) is 16.2 Å². The molecule has 1 saturated heterocycles. The maximum Gasteiger partial charge on any atom is 0.343 e. The number of amides is 1. The van der Waals surface area contributed by atoms with Gasteiger partial charge in [0.2, 0.25) is 5.67 Å². The van der Waals surface area contributed by atoms with Gasteiger partial charge in [0.15, 0.2) is 0 Å². The number of likely N-dealkylation sites (tertiary alicyclic amines) is 1. The first kappa shape index (κ1) is 12.9. The van der Waals surface area contributed by atoms with Gasteiger partial charge in [0.05, 0.1) is 11.6 Å². The van der Waals surface area contributed by atoms with Crippen LogP contribution >= 0.6 is 11.3 Å². The number of carbonyl (C=O) groups excluding carboxylic acids is 1. The number of halogens is 1. The fourth-order valence-corrected chi connectivity index (χ4v) is 2.81. The average molecular weight is 272 g/mol. The van der Waals surface area contributed by atoms with E-state index in [2.05, 4.69) is 4.98 Å². The molecule has 1 amide bonds. The van der Waals surface area contributed by atoms with Crippen molar-refractivity contribution in [3.05, 3.63) is 15.6 Å². The van der Waals surface area contributed by atoms with Gasteiger partial charge in [-0.25, -0.2) is 14.2 Å². The number of aromatic nitrogens is 1. The van der Waals surface area contributed by atoms with Crippen molar-refractivity contribution >= 4 is 23.2 Å². The van der Waals surface area contributed by atoms with E-state index in [0.29, 0.717) is 5.69 Å². The molecule has 1 aromatic heterocycles. The summed E-state index contributed by atoms with van der Waals surface area (Å²) in [6.45, 7) is 3.26. The number of rotatable bonds is 2. The van der Waals surface area contributed by atoms with Crippen molar-refractivity contribution in [2.45, 2.75) is 25.9 Å². The lowest BCUT2D eigenvalue weighted by atomic mass is 10.1. The highest BCUT2D eigenvalue weighted by Crippen LogP contribution is 2.28. The standard InChI is InChI=1S/C11H13FN2O3S/c1-6-8(13-7(2)18-6)9(15)14-4-3-11(12,5-14)10(16)17/h3-5H2,1-2H3,(H,16,17). The predicted molar refractivity (Wildman–Crippen MR) is 63.6 cm³/mol. The van der Waals surface area contributed by atoms with E-state index in [4.69, 9.17) is 5.11 Å². The number of nitrogens with zero attached hydrogens (tertiary/aromatic N) is 2. The Labute approximate surface area is 107 Å². The second kappa shape index (κ2) is 4.31. The van der Waals surface area contributed by atoms with Crippen molar-refractivity contribution in [1.29, 1.82) is 0 Å². The highest BCUT2D eigenvalue weighted by atomic mass is 32.1. The van der Waals surface area contributed by atoms with Gasteiger partial charge in [0, 0.05) is 17.8 Å². The summed E-state index contributed by atoms with van der Waals surface area (Å²) in [5, 5.41) is 9.54. The lowest BCUT2D eigenvalue weighted by Gasteiger charge is -2.16. The number of carbonyl (C=O) groups is 2. The Bertz CT molecular complexity index is 516. The van der Waals surface area contributed by atoms with Crippen LogP contribution in [0.3, 0.4) is 0 Å². The first-order valence-electron chi connectivity index (χ1n) is 5.49. The molecule has 1 aliphatic heterocycles. The van der Waals surface area contributed by atoms with Gasteiger partial charge in [-0.15, -0.1) is 11.3 Å². The van der Waals surface area contributed by atoms with Crippen LogP contribution in [-0.4, -0.2) is 45.6 Å². The smallest absolute Gasteiger partial charge is 0.343 e. The summed E-state index contributed by atoms with van der Waals surface area (Å²) in [6, 6.07) is 0. The summed E-state index contributed by atoms with van der Waals surface area (Å²) in [5.41, 5.74) is -2.03. The maximum atomic E-state index is 13.9. The second-order valence-corrected chi connectivity index (χ2v) is 5.79.